The highest BCUT2D eigenvalue weighted by molar-refractivity contribution is 7.89. The molecule has 19 heavy (non-hydrogen) atoms. The van der Waals surface area contributed by atoms with Gasteiger partial charge in [0.25, 0.3) is 0 Å². The summed E-state index contributed by atoms with van der Waals surface area (Å²) in [6, 6.07) is 6.71. The number of hydrogen-bond acceptors (Lipinski definition) is 3. The van der Waals surface area contributed by atoms with E-state index in [2.05, 4.69) is 4.72 Å². The summed E-state index contributed by atoms with van der Waals surface area (Å²) in [4.78, 5) is 0.296. The minimum absolute atomic E-state index is 0.296. The van der Waals surface area contributed by atoms with Crippen LogP contribution in [0.3, 0.4) is 0 Å². The molecular formula is C14H24N2O2S. The van der Waals surface area contributed by atoms with Crippen molar-refractivity contribution < 1.29 is 8.42 Å². The predicted molar refractivity (Wildman–Crippen MR) is 78.3 cm³/mol. The van der Waals surface area contributed by atoms with Gasteiger partial charge in [-0.2, -0.15) is 0 Å². The summed E-state index contributed by atoms with van der Waals surface area (Å²) in [6.45, 7) is 6.43. The highest BCUT2D eigenvalue weighted by Crippen LogP contribution is 2.23. The van der Waals surface area contributed by atoms with Crippen LogP contribution in [0.5, 0.6) is 0 Å². The SMILES string of the molecule is CCC(CC)(CC)NS(=O)(=O)c1ccc(CN)cc1. The molecular weight excluding hydrogens is 260 g/mol. The van der Waals surface area contributed by atoms with Crippen LogP contribution in [0.2, 0.25) is 0 Å². The number of sulfonamides is 1. The summed E-state index contributed by atoms with van der Waals surface area (Å²) in [6.07, 6.45) is 2.33. The van der Waals surface area contributed by atoms with Gasteiger partial charge in [-0.25, -0.2) is 13.1 Å². The van der Waals surface area contributed by atoms with Gasteiger partial charge in [0.1, 0.15) is 0 Å². The Hall–Kier alpha value is -0.910. The fourth-order valence-corrected chi connectivity index (χ4v) is 3.73. The lowest BCUT2D eigenvalue weighted by atomic mass is 9.91. The van der Waals surface area contributed by atoms with E-state index in [0.29, 0.717) is 11.4 Å². The van der Waals surface area contributed by atoms with Crippen LogP contribution in [0.25, 0.3) is 0 Å². The summed E-state index contributed by atoms with van der Waals surface area (Å²) < 4.78 is 27.6. The first kappa shape index (κ1) is 16.1. The Bertz CT molecular complexity index is 482. The first-order valence-corrected chi connectivity index (χ1v) is 8.24. The molecule has 1 aromatic carbocycles. The lowest BCUT2D eigenvalue weighted by Gasteiger charge is -2.31. The van der Waals surface area contributed by atoms with E-state index < -0.39 is 10.0 Å². The minimum Gasteiger partial charge on any atom is -0.326 e. The third kappa shape index (κ3) is 3.78. The van der Waals surface area contributed by atoms with Crippen molar-refractivity contribution >= 4 is 10.0 Å². The van der Waals surface area contributed by atoms with Crippen molar-refractivity contribution in [3.63, 3.8) is 0 Å². The average molecular weight is 284 g/mol. The molecule has 0 saturated carbocycles. The van der Waals surface area contributed by atoms with Crippen molar-refractivity contribution in [1.29, 1.82) is 0 Å². The maximum absolute atomic E-state index is 12.4. The van der Waals surface area contributed by atoms with Gasteiger partial charge in [-0.1, -0.05) is 32.9 Å². The zero-order valence-corrected chi connectivity index (χ0v) is 12.8. The van der Waals surface area contributed by atoms with E-state index >= 15 is 0 Å². The van der Waals surface area contributed by atoms with Gasteiger partial charge in [-0.3, -0.25) is 0 Å². The number of nitrogens with one attached hydrogen (secondary N) is 1. The quantitative estimate of drug-likeness (QED) is 0.807. The molecule has 1 rings (SSSR count). The summed E-state index contributed by atoms with van der Waals surface area (Å²) in [5.41, 5.74) is 6.08. The van der Waals surface area contributed by atoms with Crippen molar-refractivity contribution in [2.75, 3.05) is 0 Å². The molecule has 1 aromatic rings. The van der Waals surface area contributed by atoms with Gasteiger partial charge >= 0.3 is 0 Å². The molecule has 0 saturated heterocycles. The van der Waals surface area contributed by atoms with Gasteiger partial charge in [0.2, 0.25) is 10.0 Å². The first-order valence-electron chi connectivity index (χ1n) is 6.76. The molecule has 0 fully saturated rings. The number of benzene rings is 1. The second-order valence-electron chi connectivity index (χ2n) is 4.79. The Morgan fingerprint density at radius 2 is 1.53 bits per heavy atom. The first-order chi connectivity index (χ1) is 8.93. The Balaban J connectivity index is 3.03. The smallest absolute Gasteiger partial charge is 0.241 e. The summed E-state index contributed by atoms with van der Waals surface area (Å²) in [5.74, 6) is 0. The lowest BCUT2D eigenvalue weighted by molar-refractivity contribution is 0.341. The molecule has 0 amide bonds. The second-order valence-corrected chi connectivity index (χ2v) is 6.48. The molecule has 0 heterocycles. The van der Waals surface area contributed by atoms with E-state index in [1.807, 2.05) is 20.8 Å². The van der Waals surface area contributed by atoms with Gasteiger partial charge in [-0.05, 0) is 37.0 Å². The van der Waals surface area contributed by atoms with E-state index in [-0.39, 0.29) is 5.54 Å². The summed E-state index contributed by atoms with van der Waals surface area (Å²) in [7, 11) is -3.47. The van der Waals surface area contributed by atoms with Crippen molar-refractivity contribution in [2.24, 2.45) is 5.73 Å². The van der Waals surface area contributed by atoms with Crippen LogP contribution < -0.4 is 10.5 Å². The average Bonchev–Trinajstić information content (AvgIpc) is 2.45. The van der Waals surface area contributed by atoms with Crippen LogP contribution in [0.1, 0.15) is 45.6 Å². The van der Waals surface area contributed by atoms with E-state index in [9.17, 15) is 8.42 Å². The zero-order chi connectivity index (χ0) is 14.5. The Labute approximate surface area is 116 Å². The van der Waals surface area contributed by atoms with Crippen molar-refractivity contribution in [2.45, 2.75) is 57.0 Å². The zero-order valence-electron chi connectivity index (χ0n) is 11.9. The van der Waals surface area contributed by atoms with Crippen LogP contribution >= 0.6 is 0 Å². The third-order valence-corrected chi connectivity index (χ3v) is 5.45. The third-order valence-electron chi connectivity index (χ3n) is 3.85. The molecule has 5 heteroatoms. The molecule has 0 aliphatic heterocycles. The highest BCUT2D eigenvalue weighted by Gasteiger charge is 2.30. The number of rotatable bonds is 7. The lowest BCUT2D eigenvalue weighted by Crippen LogP contribution is -2.46. The standard InChI is InChI=1S/C14H24N2O2S/c1-4-14(5-2,6-3)16-19(17,18)13-9-7-12(11-15)8-10-13/h7-10,16H,4-6,11,15H2,1-3H3. The number of hydrogen-bond donors (Lipinski definition) is 2. The molecule has 0 aliphatic rings. The monoisotopic (exact) mass is 284 g/mol. The summed E-state index contributed by atoms with van der Waals surface area (Å²) >= 11 is 0. The van der Waals surface area contributed by atoms with Gasteiger partial charge in [0.05, 0.1) is 4.90 Å². The largest absolute Gasteiger partial charge is 0.326 e. The molecule has 0 aromatic heterocycles. The molecule has 0 radical (unpaired) electrons. The van der Waals surface area contributed by atoms with E-state index in [4.69, 9.17) is 5.73 Å². The number of nitrogens with two attached hydrogens (primary N) is 1. The van der Waals surface area contributed by atoms with Crippen LogP contribution in [-0.4, -0.2) is 14.0 Å². The topological polar surface area (TPSA) is 72.2 Å². The van der Waals surface area contributed by atoms with Gasteiger partial charge in [0, 0.05) is 12.1 Å². The Kier molecular flexibility index (Phi) is 5.52. The van der Waals surface area contributed by atoms with Crippen LogP contribution in [-0.2, 0) is 16.6 Å². The highest BCUT2D eigenvalue weighted by atomic mass is 32.2. The Morgan fingerprint density at radius 1 is 1.05 bits per heavy atom. The molecule has 4 nitrogen and oxygen atoms in total. The van der Waals surface area contributed by atoms with E-state index in [1.165, 1.54) is 0 Å². The fourth-order valence-electron chi connectivity index (χ4n) is 2.12. The van der Waals surface area contributed by atoms with Crippen molar-refractivity contribution in [1.82, 2.24) is 4.72 Å². The van der Waals surface area contributed by atoms with Gasteiger partial charge in [-0.15, -0.1) is 0 Å². The summed E-state index contributed by atoms with van der Waals surface area (Å²) in [5, 5.41) is 0. The van der Waals surface area contributed by atoms with Crippen molar-refractivity contribution in [3.8, 4) is 0 Å². The van der Waals surface area contributed by atoms with Crippen molar-refractivity contribution in [3.05, 3.63) is 29.8 Å². The molecule has 3 N–H and O–H groups in total. The molecule has 0 atom stereocenters. The predicted octanol–water partition coefficient (Wildman–Crippen LogP) is 2.39. The second kappa shape index (κ2) is 6.50. The molecule has 0 unspecified atom stereocenters. The van der Waals surface area contributed by atoms with Crippen LogP contribution in [0, 0.1) is 0 Å². The minimum atomic E-state index is -3.47. The van der Waals surface area contributed by atoms with Crippen LogP contribution in [0.4, 0.5) is 0 Å². The maximum atomic E-state index is 12.4. The molecule has 0 spiro atoms. The maximum Gasteiger partial charge on any atom is 0.241 e. The molecule has 0 aliphatic carbocycles. The fraction of sp³-hybridized carbons (Fsp3) is 0.571. The van der Waals surface area contributed by atoms with E-state index in [1.54, 1.807) is 24.3 Å². The van der Waals surface area contributed by atoms with Crippen LogP contribution in [0.15, 0.2) is 29.2 Å². The normalized spacial score (nSPS) is 12.6. The van der Waals surface area contributed by atoms with Gasteiger partial charge < -0.3 is 5.73 Å². The molecule has 108 valence electrons. The van der Waals surface area contributed by atoms with E-state index in [0.717, 1.165) is 24.8 Å². The van der Waals surface area contributed by atoms with Gasteiger partial charge in [0.15, 0.2) is 0 Å². The molecule has 0 bridgehead atoms. The Morgan fingerprint density at radius 3 is 1.89 bits per heavy atom.